The molecule has 0 spiro atoms. The Morgan fingerprint density at radius 1 is 0.490 bits per heavy atom. The maximum atomic E-state index is 12.4. The minimum Gasteiger partial charge on any atom is -0.466 e. The van der Waals surface area contributed by atoms with E-state index in [2.05, 4.69) is 19.2 Å². The summed E-state index contributed by atoms with van der Waals surface area (Å²) in [5, 5.41) is 23.1. The Labute approximate surface area is 305 Å². The van der Waals surface area contributed by atoms with Crippen molar-refractivity contribution in [1.82, 2.24) is 5.32 Å². The lowest BCUT2D eigenvalue weighted by molar-refractivity contribution is -0.143. The van der Waals surface area contributed by atoms with Crippen LogP contribution in [-0.2, 0) is 14.3 Å². The number of aliphatic hydroxyl groups excluding tert-OH is 2. The molecule has 0 saturated carbocycles. The highest BCUT2D eigenvalue weighted by atomic mass is 16.5. The number of hydrogen-bond acceptors (Lipinski definition) is 5. The van der Waals surface area contributed by atoms with Crippen molar-refractivity contribution in [2.45, 2.75) is 251 Å². The summed E-state index contributed by atoms with van der Waals surface area (Å²) in [5.41, 5.74) is 0. The van der Waals surface area contributed by atoms with Crippen molar-refractivity contribution in [2.24, 2.45) is 0 Å². The number of carbonyl (C=O) groups is 2. The second-order valence-electron chi connectivity index (χ2n) is 15.0. The molecular formula is C43H85NO5. The fourth-order valence-corrected chi connectivity index (χ4v) is 6.75. The molecule has 6 heteroatoms. The van der Waals surface area contributed by atoms with E-state index in [0.29, 0.717) is 25.9 Å². The Morgan fingerprint density at radius 2 is 0.837 bits per heavy atom. The van der Waals surface area contributed by atoms with Gasteiger partial charge in [0.2, 0.25) is 5.91 Å². The Bertz CT molecular complexity index is 687. The molecule has 2 atom stereocenters. The molecule has 0 radical (unpaired) electrons. The van der Waals surface area contributed by atoms with Crippen LogP contribution in [0.15, 0.2) is 0 Å². The van der Waals surface area contributed by atoms with Crippen LogP contribution in [0.3, 0.4) is 0 Å². The Balaban J connectivity index is 3.50. The van der Waals surface area contributed by atoms with Crippen molar-refractivity contribution in [3.8, 4) is 0 Å². The van der Waals surface area contributed by atoms with Crippen molar-refractivity contribution in [2.75, 3.05) is 13.2 Å². The second-order valence-corrected chi connectivity index (χ2v) is 15.0. The number of unbranched alkanes of at least 4 members (excludes halogenated alkanes) is 29. The summed E-state index contributed by atoms with van der Waals surface area (Å²) >= 11 is 0. The van der Waals surface area contributed by atoms with E-state index < -0.39 is 12.1 Å². The maximum Gasteiger partial charge on any atom is 0.305 e. The van der Waals surface area contributed by atoms with Crippen molar-refractivity contribution >= 4 is 11.9 Å². The lowest BCUT2D eigenvalue weighted by Gasteiger charge is -2.22. The molecule has 49 heavy (non-hydrogen) atoms. The van der Waals surface area contributed by atoms with Crippen LogP contribution in [0.1, 0.15) is 239 Å². The van der Waals surface area contributed by atoms with Gasteiger partial charge < -0.3 is 20.3 Å². The van der Waals surface area contributed by atoms with E-state index in [9.17, 15) is 19.8 Å². The number of aliphatic hydroxyl groups is 2. The van der Waals surface area contributed by atoms with Gasteiger partial charge in [-0.15, -0.1) is 0 Å². The molecule has 0 fully saturated rings. The third-order valence-corrected chi connectivity index (χ3v) is 10.2. The molecule has 0 heterocycles. The molecule has 1 amide bonds. The first-order valence-corrected chi connectivity index (χ1v) is 21.8. The van der Waals surface area contributed by atoms with Crippen LogP contribution in [-0.4, -0.2) is 47.4 Å². The van der Waals surface area contributed by atoms with Crippen molar-refractivity contribution in [3.05, 3.63) is 0 Å². The summed E-state index contributed by atoms with van der Waals surface area (Å²) in [6, 6.07) is -0.557. The van der Waals surface area contributed by atoms with E-state index in [1.165, 1.54) is 148 Å². The topological polar surface area (TPSA) is 95.9 Å². The Hall–Kier alpha value is -1.14. The largest absolute Gasteiger partial charge is 0.466 e. The highest BCUT2D eigenvalue weighted by molar-refractivity contribution is 5.76. The molecular weight excluding hydrogens is 610 g/mol. The third kappa shape index (κ3) is 36.5. The third-order valence-electron chi connectivity index (χ3n) is 10.2. The lowest BCUT2D eigenvalue weighted by Crippen LogP contribution is -2.45. The zero-order valence-corrected chi connectivity index (χ0v) is 32.9. The average molecular weight is 696 g/mol. The number of rotatable bonds is 40. The summed E-state index contributed by atoms with van der Waals surface area (Å²) in [7, 11) is 0. The zero-order valence-electron chi connectivity index (χ0n) is 32.9. The number of carbonyl (C=O) groups excluding carboxylic acids is 2. The summed E-state index contributed by atoms with van der Waals surface area (Å²) in [5.74, 6) is -0.0882. The fraction of sp³-hybridized carbons (Fsp3) is 0.953. The molecule has 0 aliphatic heterocycles. The molecule has 2 unspecified atom stereocenters. The van der Waals surface area contributed by atoms with Gasteiger partial charge in [-0.25, -0.2) is 0 Å². The van der Waals surface area contributed by atoms with Crippen LogP contribution in [0.2, 0.25) is 0 Å². The molecule has 0 aromatic rings. The molecule has 0 aliphatic carbocycles. The van der Waals surface area contributed by atoms with Gasteiger partial charge >= 0.3 is 5.97 Å². The van der Waals surface area contributed by atoms with Gasteiger partial charge in [0.05, 0.1) is 25.4 Å². The van der Waals surface area contributed by atoms with Crippen LogP contribution in [0.5, 0.6) is 0 Å². The Kier molecular flexibility index (Phi) is 38.7. The summed E-state index contributed by atoms with van der Waals surface area (Å²) in [4.78, 5) is 24.3. The van der Waals surface area contributed by atoms with Gasteiger partial charge in [-0.05, 0) is 25.7 Å². The highest BCUT2D eigenvalue weighted by Crippen LogP contribution is 2.16. The average Bonchev–Trinajstić information content (AvgIpc) is 3.10. The summed E-state index contributed by atoms with van der Waals surface area (Å²) in [6.07, 6.45) is 40.5. The summed E-state index contributed by atoms with van der Waals surface area (Å²) in [6.45, 7) is 4.87. The molecule has 0 bridgehead atoms. The van der Waals surface area contributed by atoms with Crippen LogP contribution >= 0.6 is 0 Å². The fourth-order valence-electron chi connectivity index (χ4n) is 6.75. The summed E-state index contributed by atoms with van der Waals surface area (Å²) < 4.78 is 5.42. The first-order valence-electron chi connectivity index (χ1n) is 21.8. The van der Waals surface area contributed by atoms with Gasteiger partial charge in [-0.2, -0.15) is 0 Å². The van der Waals surface area contributed by atoms with Crippen LogP contribution in [0.4, 0.5) is 0 Å². The number of ether oxygens (including phenoxy) is 1. The monoisotopic (exact) mass is 696 g/mol. The van der Waals surface area contributed by atoms with Crippen LogP contribution < -0.4 is 5.32 Å². The zero-order chi connectivity index (χ0) is 35.9. The molecule has 0 rings (SSSR count). The van der Waals surface area contributed by atoms with E-state index in [1.807, 2.05) is 0 Å². The molecule has 0 aliphatic rings. The molecule has 0 aromatic carbocycles. The smallest absolute Gasteiger partial charge is 0.305 e. The number of amides is 1. The quantitative estimate of drug-likeness (QED) is 0.0438. The molecule has 3 N–H and O–H groups in total. The molecule has 0 saturated heterocycles. The SMILES string of the molecule is CCCCCCCCCCCCCCC(O)C(CO)NC(=O)CCCCCCCCCCCOC(=O)CCCCCCCCCCCCC. The normalized spacial score (nSPS) is 12.7. The van der Waals surface area contributed by atoms with Gasteiger partial charge in [0.15, 0.2) is 0 Å². The minimum absolute atomic E-state index is 0.0255. The highest BCUT2D eigenvalue weighted by Gasteiger charge is 2.20. The van der Waals surface area contributed by atoms with E-state index in [0.717, 1.165) is 57.8 Å². The predicted octanol–water partition coefficient (Wildman–Crippen LogP) is 12.1. The van der Waals surface area contributed by atoms with Gasteiger partial charge in [-0.1, -0.05) is 200 Å². The molecule has 0 aromatic heterocycles. The molecule has 6 nitrogen and oxygen atoms in total. The maximum absolute atomic E-state index is 12.4. The lowest BCUT2D eigenvalue weighted by atomic mass is 10.0. The van der Waals surface area contributed by atoms with E-state index in [4.69, 9.17) is 4.74 Å². The standard InChI is InChI=1S/C43H85NO5/c1-3-5-7-9-11-13-15-17-19-23-27-31-35-41(46)40(39-45)44-42(47)36-32-28-24-20-18-22-26-30-34-38-49-43(48)37-33-29-25-21-16-14-12-10-8-6-4-2/h40-41,45-46H,3-39H2,1-2H3,(H,44,47). The predicted molar refractivity (Wildman–Crippen MR) is 209 cm³/mol. The van der Waals surface area contributed by atoms with E-state index >= 15 is 0 Å². The number of nitrogens with one attached hydrogen (secondary N) is 1. The van der Waals surface area contributed by atoms with E-state index in [1.54, 1.807) is 0 Å². The van der Waals surface area contributed by atoms with Crippen molar-refractivity contribution in [1.29, 1.82) is 0 Å². The van der Waals surface area contributed by atoms with Crippen molar-refractivity contribution < 1.29 is 24.5 Å². The van der Waals surface area contributed by atoms with Crippen molar-refractivity contribution in [3.63, 3.8) is 0 Å². The number of esters is 1. The minimum atomic E-state index is -0.677. The van der Waals surface area contributed by atoms with Crippen LogP contribution in [0.25, 0.3) is 0 Å². The second kappa shape index (κ2) is 39.6. The number of hydrogen-bond donors (Lipinski definition) is 3. The first-order chi connectivity index (χ1) is 24.0. The Morgan fingerprint density at radius 3 is 1.24 bits per heavy atom. The molecule has 292 valence electrons. The van der Waals surface area contributed by atoms with Crippen LogP contribution in [0, 0.1) is 0 Å². The van der Waals surface area contributed by atoms with E-state index in [-0.39, 0.29) is 18.5 Å². The first kappa shape index (κ1) is 47.9. The van der Waals surface area contributed by atoms with Gasteiger partial charge in [-0.3, -0.25) is 9.59 Å². The van der Waals surface area contributed by atoms with Gasteiger partial charge in [0, 0.05) is 12.8 Å². The van der Waals surface area contributed by atoms with Gasteiger partial charge in [0.25, 0.3) is 0 Å². The van der Waals surface area contributed by atoms with Gasteiger partial charge in [0.1, 0.15) is 0 Å².